The molecule has 96 valence electrons. The Morgan fingerprint density at radius 1 is 1.28 bits per heavy atom. The van der Waals surface area contributed by atoms with Crippen LogP contribution in [-0.2, 0) is 4.79 Å². The molecule has 1 aromatic carbocycles. The summed E-state index contributed by atoms with van der Waals surface area (Å²) in [7, 11) is 3.79. The fourth-order valence-electron chi connectivity index (χ4n) is 2.47. The lowest BCUT2D eigenvalue weighted by atomic mass is 9.84. The fraction of sp³-hybridized carbons (Fsp3) is 0.400. The van der Waals surface area contributed by atoms with E-state index in [4.69, 9.17) is 0 Å². The minimum Gasteiger partial charge on any atom is -0.391 e. The van der Waals surface area contributed by atoms with Gasteiger partial charge < -0.3 is 5.11 Å². The molecule has 18 heavy (non-hydrogen) atoms. The lowest BCUT2D eigenvalue weighted by molar-refractivity contribution is -0.119. The third-order valence-corrected chi connectivity index (χ3v) is 3.35. The second-order valence-corrected chi connectivity index (χ2v) is 4.95. The van der Waals surface area contributed by atoms with Gasteiger partial charge in [0, 0.05) is 12.0 Å². The maximum absolute atomic E-state index is 12.1. The van der Waals surface area contributed by atoms with Crippen LogP contribution in [0.25, 0.3) is 6.08 Å². The van der Waals surface area contributed by atoms with Crippen LogP contribution in [0.3, 0.4) is 0 Å². The van der Waals surface area contributed by atoms with Gasteiger partial charge in [0.2, 0.25) is 0 Å². The molecule has 0 heterocycles. The van der Waals surface area contributed by atoms with Crippen LogP contribution in [0.4, 0.5) is 0 Å². The van der Waals surface area contributed by atoms with Crippen LogP contribution in [0.5, 0.6) is 0 Å². The molecule has 0 amide bonds. The smallest absolute Gasteiger partial charge is 0.160 e. The second-order valence-electron chi connectivity index (χ2n) is 4.95. The van der Waals surface area contributed by atoms with Gasteiger partial charge in [-0.05, 0) is 32.2 Å². The Hall–Kier alpha value is -1.45. The zero-order valence-corrected chi connectivity index (χ0v) is 10.8. The van der Waals surface area contributed by atoms with Gasteiger partial charge in [0.25, 0.3) is 0 Å². The Bertz CT molecular complexity index is 451. The second kappa shape index (κ2) is 5.46. The van der Waals surface area contributed by atoms with Crippen LogP contribution in [-0.4, -0.2) is 42.0 Å². The van der Waals surface area contributed by atoms with Gasteiger partial charge in [-0.25, -0.2) is 0 Å². The van der Waals surface area contributed by atoms with Crippen molar-refractivity contribution in [1.82, 2.24) is 4.90 Å². The van der Waals surface area contributed by atoms with Gasteiger partial charge >= 0.3 is 0 Å². The number of aliphatic hydroxyl groups excluding tert-OH is 1. The van der Waals surface area contributed by atoms with Crippen LogP contribution in [0.2, 0.25) is 0 Å². The van der Waals surface area contributed by atoms with E-state index in [9.17, 15) is 9.90 Å². The Morgan fingerprint density at radius 2 is 1.94 bits per heavy atom. The molecule has 0 radical (unpaired) electrons. The van der Waals surface area contributed by atoms with E-state index >= 15 is 0 Å². The molecular weight excluding hydrogens is 226 g/mol. The van der Waals surface area contributed by atoms with Crippen LogP contribution in [0.1, 0.15) is 18.4 Å². The lowest BCUT2D eigenvalue weighted by Gasteiger charge is -2.34. The van der Waals surface area contributed by atoms with Crippen LogP contribution in [0.15, 0.2) is 35.9 Å². The molecule has 0 saturated heterocycles. The summed E-state index contributed by atoms with van der Waals surface area (Å²) in [6.07, 6.45) is 2.42. The van der Waals surface area contributed by atoms with E-state index in [1.54, 1.807) is 0 Å². The van der Waals surface area contributed by atoms with Crippen LogP contribution >= 0.6 is 0 Å². The zero-order chi connectivity index (χ0) is 13.1. The Labute approximate surface area is 108 Å². The summed E-state index contributed by atoms with van der Waals surface area (Å²) in [5, 5.41) is 10.1. The van der Waals surface area contributed by atoms with E-state index in [-0.39, 0.29) is 11.8 Å². The number of aliphatic hydroxyl groups is 1. The van der Waals surface area contributed by atoms with Gasteiger partial charge in [-0.3, -0.25) is 9.69 Å². The maximum Gasteiger partial charge on any atom is 0.160 e. The molecule has 1 fully saturated rings. The average molecular weight is 245 g/mol. The van der Waals surface area contributed by atoms with Gasteiger partial charge in [-0.2, -0.15) is 0 Å². The predicted octanol–water partition coefficient (Wildman–Crippen LogP) is 1.72. The van der Waals surface area contributed by atoms with Gasteiger partial charge in [-0.1, -0.05) is 30.3 Å². The van der Waals surface area contributed by atoms with Crippen LogP contribution < -0.4 is 0 Å². The van der Waals surface area contributed by atoms with Crippen molar-refractivity contribution in [3.8, 4) is 0 Å². The molecule has 1 aliphatic carbocycles. The first-order valence-corrected chi connectivity index (χ1v) is 6.24. The number of likely N-dealkylation sites (N-methyl/N-ethyl adjacent to an activating group) is 1. The number of Topliss-reactive ketones (excluding diaryl/α,β-unsaturated/α-hetero) is 1. The minimum atomic E-state index is -0.465. The highest BCUT2D eigenvalue weighted by Crippen LogP contribution is 2.26. The number of carbonyl (C=O) groups excluding carboxylic acids is 1. The summed E-state index contributed by atoms with van der Waals surface area (Å²) in [6, 6.07) is 9.57. The summed E-state index contributed by atoms with van der Waals surface area (Å²) in [6.45, 7) is 0. The molecule has 1 N–H and O–H groups in total. The van der Waals surface area contributed by atoms with Crippen molar-refractivity contribution in [2.75, 3.05) is 14.1 Å². The Balaban J connectivity index is 2.37. The molecule has 2 atom stereocenters. The first-order chi connectivity index (χ1) is 8.59. The van der Waals surface area contributed by atoms with E-state index in [2.05, 4.69) is 0 Å². The van der Waals surface area contributed by atoms with E-state index in [0.29, 0.717) is 18.4 Å². The van der Waals surface area contributed by atoms with Gasteiger partial charge in [-0.15, -0.1) is 0 Å². The summed E-state index contributed by atoms with van der Waals surface area (Å²) < 4.78 is 0. The lowest BCUT2D eigenvalue weighted by Crippen LogP contribution is -2.45. The zero-order valence-electron chi connectivity index (χ0n) is 10.8. The van der Waals surface area contributed by atoms with E-state index in [1.165, 1.54) is 0 Å². The summed E-state index contributed by atoms with van der Waals surface area (Å²) in [4.78, 5) is 14.0. The standard InChI is InChI=1S/C15H19NO2/c1-16(2)15-12(13(17)8-9-14(15)18)10-11-6-4-3-5-7-11/h3-7,10,14-15,18H,8-9H2,1-2H3. The highest BCUT2D eigenvalue weighted by atomic mass is 16.3. The first-order valence-electron chi connectivity index (χ1n) is 6.24. The number of rotatable bonds is 2. The molecule has 1 aromatic rings. The molecule has 3 nitrogen and oxygen atoms in total. The normalized spacial score (nSPS) is 26.9. The average Bonchev–Trinajstić information content (AvgIpc) is 2.35. The number of hydrogen-bond donors (Lipinski definition) is 1. The number of hydrogen-bond acceptors (Lipinski definition) is 3. The number of ketones is 1. The molecule has 0 bridgehead atoms. The van der Waals surface area contributed by atoms with Crippen molar-refractivity contribution in [2.45, 2.75) is 25.0 Å². The fourth-order valence-corrected chi connectivity index (χ4v) is 2.47. The summed E-state index contributed by atoms with van der Waals surface area (Å²) in [5.41, 5.74) is 1.71. The molecule has 3 heteroatoms. The van der Waals surface area contributed by atoms with Gasteiger partial charge in [0.1, 0.15) is 0 Å². The van der Waals surface area contributed by atoms with Crippen LogP contribution in [0, 0.1) is 0 Å². The van der Waals surface area contributed by atoms with Crippen molar-refractivity contribution in [3.63, 3.8) is 0 Å². The quantitative estimate of drug-likeness (QED) is 0.807. The van der Waals surface area contributed by atoms with Crippen molar-refractivity contribution >= 4 is 11.9 Å². The van der Waals surface area contributed by atoms with Gasteiger partial charge in [0.15, 0.2) is 5.78 Å². The SMILES string of the molecule is CN(C)C1C(=Cc2ccccc2)C(=O)CCC1O. The molecule has 2 rings (SSSR count). The van der Waals surface area contributed by atoms with E-state index < -0.39 is 6.10 Å². The summed E-state index contributed by atoms with van der Waals surface area (Å²) in [5.74, 6) is 0.142. The highest BCUT2D eigenvalue weighted by molar-refractivity contribution is 6.01. The predicted molar refractivity (Wildman–Crippen MR) is 72.1 cm³/mol. The van der Waals surface area contributed by atoms with Crippen molar-refractivity contribution in [1.29, 1.82) is 0 Å². The summed E-state index contributed by atoms with van der Waals surface area (Å²) >= 11 is 0. The Kier molecular flexibility index (Phi) is 3.94. The van der Waals surface area contributed by atoms with Gasteiger partial charge in [0.05, 0.1) is 12.1 Å². The van der Waals surface area contributed by atoms with Crippen molar-refractivity contribution in [2.24, 2.45) is 0 Å². The Morgan fingerprint density at radius 3 is 2.56 bits per heavy atom. The highest BCUT2D eigenvalue weighted by Gasteiger charge is 2.33. The molecule has 0 aromatic heterocycles. The molecule has 0 aliphatic heterocycles. The minimum absolute atomic E-state index is 0.142. The van der Waals surface area contributed by atoms with Crippen molar-refractivity contribution in [3.05, 3.63) is 41.5 Å². The maximum atomic E-state index is 12.1. The van der Waals surface area contributed by atoms with Crippen molar-refractivity contribution < 1.29 is 9.90 Å². The molecular formula is C15H19NO2. The molecule has 1 saturated carbocycles. The monoisotopic (exact) mass is 245 g/mol. The third kappa shape index (κ3) is 2.68. The number of benzene rings is 1. The third-order valence-electron chi connectivity index (χ3n) is 3.35. The largest absolute Gasteiger partial charge is 0.391 e. The van der Waals surface area contributed by atoms with E-state index in [1.807, 2.05) is 55.4 Å². The first kappa shape index (κ1) is 13.0. The topological polar surface area (TPSA) is 40.5 Å². The molecule has 1 aliphatic rings. The molecule has 2 unspecified atom stereocenters. The van der Waals surface area contributed by atoms with E-state index in [0.717, 1.165) is 5.56 Å². The number of carbonyl (C=O) groups is 1. The molecule has 0 spiro atoms. The number of nitrogens with zero attached hydrogens (tertiary/aromatic N) is 1.